The number of rotatable bonds is 6. The van der Waals surface area contributed by atoms with Crippen LogP contribution in [0.15, 0.2) is 93.6 Å². The van der Waals surface area contributed by atoms with Crippen LogP contribution in [0.1, 0.15) is 30.9 Å². The van der Waals surface area contributed by atoms with Gasteiger partial charge in [0.25, 0.3) is 0 Å². The minimum atomic E-state index is -0.535. The first-order valence-corrected chi connectivity index (χ1v) is 11.7. The summed E-state index contributed by atoms with van der Waals surface area (Å²) in [5.74, 6) is -0.281. The number of ether oxygens (including phenoxy) is 1. The van der Waals surface area contributed by atoms with Crippen LogP contribution in [-0.2, 0) is 9.53 Å². The lowest BCUT2D eigenvalue weighted by molar-refractivity contribution is -0.122. The third kappa shape index (κ3) is 5.44. The van der Waals surface area contributed by atoms with Crippen molar-refractivity contribution in [3.05, 3.63) is 101 Å². The van der Waals surface area contributed by atoms with E-state index in [0.717, 1.165) is 18.4 Å². The number of amides is 1. The maximum Gasteiger partial charge on any atom is 0.417 e. The molecule has 35 heavy (non-hydrogen) atoms. The van der Waals surface area contributed by atoms with Gasteiger partial charge in [0, 0.05) is 24.8 Å². The molecule has 7 nitrogen and oxygen atoms in total. The molecule has 1 fully saturated rings. The molecule has 0 spiro atoms. The van der Waals surface area contributed by atoms with E-state index in [1.165, 1.54) is 12.2 Å². The summed E-state index contributed by atoms with van der Waals surface area (Å²) in [7, 11) is 0. The number of hydrogen-bond acceptors (Lipinski definition) is 5. The molecule has 1 aliphatic heterocycles. The number of halogens is 1. The maximum absolute atomic E-state index is 13.5. The number of oxazole rings is 1. The van der Waals surface area contributed by atoms with Crippen molar-refractivity contribution in [2.75, 3.05) is 18.4 Å². The van der Waals surface area contributed by atoms with Crippen LogP contribution < -0.4 is 11.1 Å². The number of piperidine rings is 1. The molecule has 8 heteroatoms. The highest BCUT2D eigenvalue weighted by atomic mass is 19.1. The number of likely N-dealkylation sites (tertiary alicyclic amines) is 1. The molecule has 0 radical (unpaired) electrons. The summed E-state index contributed by atoms with van der Waals surface area (Å²) < 4.78 is 24.6. The molecule has 180 valence electrons. The Morgan fingerprint density at radius 1 is 1.11 bits per heavy atom. The number of carbonyl (C=O) groups is 1. The van der Waals surface area contributed by atoms with Gasteiger partial charge in [-0.25, -0.2) is 9.18 Å². The van der Waals surface area contributed by atoms with Crippen molar-refractivity contribution in [3.8, 4) is 0 Å². The van der Waals surface area contributed by atoms with Crippen molar-refractivity contribution in [1.29, 1.82) is 0 Å². The quantitative estimate of drug-likeness (QED) is 0.525. The lowest BCUT2D eigenvalue weighted by Crippen LogP contribution is -2.43. The fourth-order valence-electron chi connectivity index (χ4n) is 4.51. The van der Waals surface area contributed by atoms with Crippen LogP contribution in [0.4, 0.5) is 10.1 Å². The first kappa shape index (κ1) is 22.9. The Balaban J connectivity index is 1.28. The van der Waals surface area contributed by atoms with E-state index in [1.807, 2.05) is 36.4 Å². The van der Waals surface area contributed by atoms with Gasteiger partial charge >= 0.3 is 5.76 Å². The molecule has 3 aromatic rings. The molecule has 5 rings (SSSR count). The minimum Gasteiger partial charge on any atom is -0.491 e. The number of nitrogens with zero attached hydrogens (tertiary/aromatic N) is 1. The summed E-state index contributed by atoms with van der Waals surface area (Å²) in [6.07, 6.45) is 8.47. The third-order valence-corrected chi connectivity index (χ3v) is 6.24. The first-order valence-electron chi connectivity index (χ1n) is 11.7. The molecule has 2 heterocycles. The molecule has 2 aromatic carbocycles. The summed E-state index contributed by atoms with van der Waals surface area (Å²) >= 11 is 0. The molecular formula is C27H26FN3O4. The minimum absolute atomic E-state index is 0.00157. The van der Waals surface area contributed by atoms with Gasteiger partial charge in [-0.05, 0) is 61.3 Å². The lowest BCUT2D eigenvalue weighted by atomic mass is 9.99. The summed E-state index contributed by atoms with van der Waals surface area (Å²) in [6, 6.07) is 14.3. The fourth-order valence-corrected chi connectivity index (χ4v) is 4.51. The van der Waals surface area contributed by atoms with Gasteiger partial charge in [-0.3, -0.25) is 14.7 Å². The van der Waals surface area contributed by atoms with E-state index >= 15 is 0 Å². The summed E-state index contributed by atoms with van der Waals surface area (Å²) in [5, 5.41) is 2.98. The monoisotopic (exact) mass is 475 g/mol. The van der Waals surface area contributed by atoms with Crippen LogP contribution >= 0.6 is 0 Å². The van der Waals surface area contributed by atoms with Gasteiger partial charge in [0.15, 0.2) is 5.58 Å². The molecule has 0 saturated carbocycles. The highest BCUT2D eigenvalue weighted by Gasteiger charge is 2.32. The number of allylic oxidation sites excluding steroid dienone is 5. The van der Waals surface area contributed by atoms with Crippen LogP contribution in [0.5, 0.6) is 0 Å². The Kier molecular flexibility index (Phi) is 6.63. The van der Waals surface area contributed by atoms with E-state index in [0.29, 0.717) is 42.1 Å². The average molecular weight is 476 g/mol. The maximum atomic E-state index is 13.5. The van der Waals surface area contributed by atoms with E-state index in [4.69, 9.17) is 9.15 Å². The molecule has 1 atom stereocenters. The van der Waals surface area contributed by atoms with E-state index in [1.54, 1.807) is 24.3 Å². The van der Waals surface area contributed by atoms with Gasteiger partial charge in [0.05, 0.1) is 5.52 Å². The number of anilines is 1. The number of hydrogen-bond donors (Lipinski definition) is 2. The van der Waals surface area contributed by atoms with E-state index < -0.39 is 11.8 Å². The van der Waals surface area contributed by atoms with Crippen LogP contribution in [0, 0.1) is 0 Å². The second-order valence-corrected chi connectivity index (χ2v) is 8.65. The van der Waals surface area contributed by atoms with Crippen molar-refractivity contribution in [1.82, 2.24) is 9.88 Å². The normalized spacial score (nSPS) is 18.0. The highest BCUT2D eigenvalue weighted by Crippen LogP contribution is 2.29. The Bertz CT molecular complexity index is 1350. The van der Waals surface area contributed by atoms with Gasteiger partial charge in [0.1, 0.15) is 23.7 Å². The van der Waals surface area contributed by atoms with Crippen LogP contribution in [-0.4, -0.2) is 35.0 Å². The van der Waals surface area contributed by atoms with Gasteiger partial charge in [-0.1, -0.05) is 30.3 Å². The van der Waals surface area contributed by atoms with Crippen molar-refractivity contribution >= 4 is 22.7 Å². The predicted octanol–water partition coefficient (Wildman–Crippen LogP) is 4.98. The van der Waals surface area contributed by atoms with Gasteiger partial charge in [-0.15, -0.1) is 0 Å². The molecule has 1 amide bonds. The summed E-state index contributed by atoms with van der Waals surface area (Å²) in [6.45, 7) is 1.35. The molecule has 1 saturated heterocycles. The van der Waals surface area contributed by atoms with E-state index in [9.17, 15) is 14.0 Å². The van der Waals surface area contributed by atoms with Crippen molar-refractivity contribution < 1.29 is 18.3 Å². The number of carbonyl (C=O) groups excluding carboxylic acids is 1. The Morgan fingerprint density at radius 2 is 1.91 bits per heavy atom. The molecule has 2 N–H and O–H groups in total. The van der Waals surface area contributed by atoms with Gasteiger partial charge < -0.3 is 14.5 Å². The lowest BCUT2D eigenvalue weighted by Gasteiger charge is -2.37. The molecule has 1 aromatic heterocycles. The number of aromatic nitrogens is 1. The zero-order valence-electron chi connectivity index (χ0n) is 19.1. The summed E-state index contributed by atoms with van der Waals surface area (Å²) in [5.41, 5.74) is 2.41. The van der Waals surface area contributed by atoms with Crippen molar-refractivity contribution in [2.45, 2.75) is 31.4 Å². The van der Waals surface area contributed by atoms with Gasteiger partial charge in [-0.2, -0.15) is 0 Å². The summed E-state index contributed by atoms with van der Waals surface area (Å²) in [4.78, 5) is 29.7. The first-order chi connectivity index (χ1) is 17.0. The van der Waals surface area contributed by atoms with E-state index in [2.05, 4.69) is 15.2 Å². The average Bonchev–Trinajstić information content (AvgIpc) is 3.11. The molecule has 1 aliphatic carbocycles. The number of benzene rings is 2. The van der Waals surface area contributed by atoms with Crippen LogP contribution in [0.3, 0.4) is 0 Å². The Hall–Kier alpha value is -3.91. The third-order valence-electron chi connectivity index (χ3n) is 6.24. The molecular weight excluding hydrogens is 449 g/mol. The predicted molar refractivity (Wildman–Crippen MR) is 131 cm³/mol. The van der Waals surface area contributed by atoms with E-state index in [-0.39, 0.29) is 17.8 Å². The second kappa shape index (κ2) is 10.1. The number of H-pyrrole nitrogens is 1. The molecule has 2 aliphatic rings. The second-order valence-electron chi connectivity index (χ2n) is 8.65. The topological polar surface area (TPSA) is 87.6 Å². The van der Waals surface area contributed by atoms with Crippen molar-refractivity contribution in [3.63, 3.8) is 0 Å². The largest absolute Gasteiger partial charge is 0.491 e. The number of aromatic amines is 1. The van der Waals surface area contributed by atoms with Gasteiger partial charge in [0.2, 0.25) is 5.91 Å². The van der Waals surface area contributed by atoms with Crippen LogP contribution in [0.2, 0.25) is 0 Å². The number of nitrogens with one attached hydrogen (secondary N) is 2. The molecule has 0 bridgehead atoms. The van der Waals surface area contributed by atoms with Crippen molar-refractivity contribution in [2.24, 2.45) is 0 Å². The highest BCUT2D eigenvalue weighted by molar-refractivity contribution is 5.96. The smallest absolute Gasteiger partial charge is 0.417 e. The van der Waals surface area contributed by atoms with Crippen LogP contribution in [0.25, 0.3) is 11.1 Å². The number of fused-ring (bicyclic) bond motifs is 1. The zero-order chi connectivity index (χ0) is 24.2. The fraction of sp³-hybridized carbons (Fsp3) is 0.259. The SMILES string of the molecule is O=C(Nc1ccc2[nH]c(=O)oc2c1)C(c1ccccc1)N1CCC(OC2=CCC=C(F)C=C2)CC1. The Labute approximate surface area is 201 Å². The standard InChI is InChI=1S/C27H26FN3O4/c28-19-7-4-8-21(11-9-19)34-22-13-15-31(16-14-22)25(18-5-2-1-3-6-18)26(32)29-20-10-12-23-24(17-20)35-27(33)30-23/h1-3,5-12,17,22,25H,4,13-16H2,(H,29,32)(H,30,33). The zero-order valence-corrected chi connectivity index (χ0v) is 19.1. The Morgan fingerprint density at radius 3 is 2.71 bits per heavy atom. The molecule has 1 unspecified atom stereocenters.